The molecule has 21 heavy (non-hydrogen) atoms. The van der Waals surface area contributed by atoms with E-state index in [0.29, 0.717) is 5.92 Å². The van der Waals surface area contributed by atoms with E-state index >= 15 is 0 Å². The third-order valence-electron chi connectivity index (χ3n) is 4.44. The highest BCUT2D eigenvalue weighted by molar-refractivity contribution is 6.30. The van der Waals surface area contributed by atoms with Crippen LogP contribution < -0.4 is 10.2 Å². The Labute approximate surface area is 134 Å². The van der Waals surface area contributed by atoms with Crippen LogP contribution in [0.4, 0.5) is 5.69 Å². The zero-order valence-electron chi connectivity index (χ0n) is 13.7. The van der Waals surface area contributed by atoms with Crippen LogP contribution in [0.25, 0.3) is 0 Å². The lowest BCUT2D eigenvalue weighted by atomic mass is 9.94. The van der Waals surface area contributed by atoms with Crippen molar-refractivity contribution in [3.05, 3.63) is 28.8 Å². The number of halogens is 1. The van der Waals surface area contributed by atoms with E-state index < -0.39 is 0 Å². The molecule has 118 valence electrons. The van der Waals surface area contributed by atoms with E-state index in [2.05, 4.69) is 43.1 Å². The largest absolute Gasteiger partial charge is 0.371 e. The molecule has 0 aromatic heterocycles. The van der Waals surface area contributed by atoms with Crippen molar-refractivity contribution in [3.63, 3.8) is 0 Å². The maximum absolute atomic E-state index is 6.20. The summed E-state index contributed by atoms with van der Waals surface area (Å²) >= 11 is 6.20. The van der Waals surface area contributed by atoms with Gasteiger partial charge in [-0.15, -0.1) is 0 Å². The molecule has 0 unspecified atom stereocenters. The van der Waals surface area contributed by atoms with Gasteiger partial charge in [0, 0.05) is 30.3 Å². The lowest BCUT2D eigenvalue weighted by Crippen LogP contribution is -2.34. The lowest BCUT2D eigenvalue weighted by Gasteiger charge is -2.34. The highest BCUT2D eigenvalue weighted by Crippen LogP contribution is 2.29. The third kappa shape index (κ3) is 4.89. The average Bonchev–Trinajstić information content (AvgIpc) is 2.47. The lowest BCUT2D eigenvalue weighted by molar-refractivity contribution is 0.394. The number of hydrogen-bond donors (Lipinski definition) is 1. The number of piperidine rings is 1. The van der Waals surface area contributed by atoms with Crippen LogP contribution in [-0.2, 0) is 6.54 Å². The van der Waals surface area contributed by atoms with Gasteiger partial charge < -0.3 is 10.2 Å². The first-order valence-electron chi connectivity index (χ1n) is 8.34. The molecule has 1 aliphatic heterocycles. The first-order valence-corrected chi connectivity index (χ1v) is 8.72. The van der Waals surface area contributed by atoms with Crippen molar-refractivity contribution in [1.29, 1.82) is 0 Å². The zero-order valence-corrected chi connectivity index (χ0v) is 14.4. The van der Waals surface area contributed by atoms with Crippen molar-refractivity contribution < 1.29 is 0 Å². The summed E-state index contributed by atoms with van der Waals surface area (Å²) in [5, 5.41) is 4.38. The smallest absolute Gasteiger partial charge is 0.0412 e. The molecular weight excluding hydrogens is 280 g/mol. The van der Waals surface area contributed by atoms with Crippen LogP contribution in [0, 0.1) is 11.8 Å². The molecule has 0 bridgehead atoms. The van der Waals surface area contributed by atoms with Gasteiger partial charge in [-0.3, -0.25) is 0 Å². The molecule has 1 N–H and O–H groups in total. The quantitative estimate of drug-likeness (QED) is 0.818. The van der Waals surface area contributed by atoms with Crippen LogP contribution in [-0.4, -0.2) is 19.6 Å². The Morgan fingerprint density at radius 2 is 2.00 bits per heavy atom. The van der Waals surface area contributed by atoms with Crippen LogP contribution in [0.1, 0.15) is 45.6 Å². The summed E-state index contributed by atoms with van der Waals surface area (Å²) in [6.07, 6.45) is 3.95. The van der Waals surface area contributed by atoms with Crippen LogP contribution >= 0.6 is 11.6 Å². The van der Waals surface area contributed by atoms with Gasteiger partial charge in [0.2, 0.25) is 0 Å². The van der Waals surface area contributed by atoms with Gasteiger partial charge in [-0.25, -0.2) is 0 Å². The van der Waals surface area contributed by atoms with E-state index in [1.807, 2.05) is 6.07 Å². The maximum Gasteiger partial charge on any atom is 0.0412 e. The Kier molecular flexibility index (Phi) is 6.38. The first kappa shape index (κ1) is 16.6. The predicted molar refractivity (Wildman–Crippen MR) is 93.2 cm³/mol. The zero-order chi connectivity index (χ0) is 15.2. The fourth-order valence-electron chi connectivity index (χ4n) is 3.08. The van der Waals surface area contributed by atoms with Crippen molar-refractivity contribution >= 4 is 17.3 Å². The number of nitrogens with zero attached hydrogens (tertiary/aromatic N) is 1. The molecule has 0 atom stereocenters. The van der Waals surface area contributed by atoms with Gasteiger partial charge in [-0.2, -0.15) is 0 Å². The number of anilines is 1. The normalized spacial score (nSPS) is 16.7. The fraction of sp³-hybridized carbons (Fsp3) is 0.667. The van der Waals surface area contributed by atoms with Gasteiger partial charge in [-0.05, 0) is 55.0 Å². The first-order chi connectivity index (χ1) is 10.1. The Bertz CT molecular complexity index is 437. The van der Waals surface area contributed by atoms with E-state index in [1.165, 1.54) is 43.6 Å². The van der Waals surface area contributed by atoms with Crippen molar-refractivity contribution in [1.82, 2.24) is 5.32 Å². The highest BCUT2D eigenvalue weighted by Gasteiger charge is 2.19. The summed E-state index contributed by atoms with van der Waals surface area (Å²) in [5.41, 5.74) is 2.70. The van der Waals surface area contributed by atoms with Gasteiger partial charge in [0.15, 0.2) is 0 Å². The van der Waals surface area contributed by atoms with E-state index in [-0.39, 0.29) is 0 Å². The monoisotopic (exact) mass is 308 g/mol. The minimum absolute atomic E-state index is 0.674. The summed E-state index contributed by atoms with van der Waals surface area (Å²) in [6.45, 7) is 11.1. The molecule has 0 aliphatic carbocycles. The number of hydrogen-bond acceptors (Lipinski definition) is 2. The minimum atomic E-state index is 0.674. The molecule has 0 spiro atoms. The Morgan fingerprint density at radius 1 is 1.29 bits per heavy atom. The molecule has 0 amide bonds. The van der Waals surface area contributed by atoms with Crippen molar-refractivity contribution in [2.45, 2.75) is 46.6 Å². The summed E-state index contributed by atoms with van der Waals surface area (Å²) in [7, 11) is 0. The average molecular weight is 309 g/mol. The highest BCUT2D eigenvalue weighted by atomic mass is 35.5. The Morgan fingerprint density at radius 3 is 2.62 bits per heavy atom. The van der Waals surface area contributed by atoms with Gasteiger partial charge in [-0.1, -0.05) is 38.8 Å². The van der Waals surface area contributed by atoms with Gasteiger partial charge >= 0.3 is 0 Å². The number of nitrogens with one attached hydrogen (secondary N) is 1. The van der Waals surface area contributed by atoms with E-state index in [9.17, 15) is 0 Å². The molecule has 1 aliphatic rings. The van der Waals surface area contributed by atoms with Crippen LogP contribution in [0.3, 0.4) is 0 Å². The number of benzene rings is 1. The molecule has 2 rings (SSSR count). The minimum Gasteiger partial charge on any atom is -0.371 e. The summed E-state index contributed by atoms with van der Waals surface area (Å²) in [6, 6.07) is 6.34. The Balaban J connectivity index is 2.04. The molecule has 0 radical (unpaired) electrons. The molecule has 1 fully saturated rings. The van der Waals surface area contributed by atoms with Crippen molar-refractivity contribution in [2.24, 2.45) is 11.8 Å². The fourth-order valence-corrected chi connectivity index (χ4v) is 3.28. The summed E-state index contributed by atoms with van der Waals surface area (Å²) < 4.78 is 0. The second-order valence-corrected chi connectivity index (χ2v) is 7.07. The molecular formula is C18H29ClN2. The standard InChI is InChI=1S/C18H29ClN2/c1-4-15-7-9-21(10-8-15)18-6-5-17(19)11-16(18)13-20-12-14(2)3/h5-6,11,14-15,20H,4,7-10,12-13H2,1-3H3. The number of rotatable bonds is 6. The second kappa shape index (κ2) is 8.05. The third-order valence-corrected chi connectivity index (χ3v) is 4.68. The van der Waals surface area contributed by atoms with E-state index in [4.69, 9.17) is 11.6 Å². The van der Waals surface area contributed by atoms with Crippen molar-refractivity contribution in [3.8, 4) is 0 Å². The predicted octanol–water partition coefficient (Wildman–Crippen LogP) is 4.71. The van der Waals surface area contributed by atoms with Crippen LogP contribution in [0.15, 0.2) is 18.2 Å². The molecule has 1 saturated heterocycles. The SMILES string of the molecule is CCC1CCN(c2ccc(Cl)cc2CNCC(C)C)CC1. The maximum atomic E-state index is 6.20. The van der Waals surface area contributed by atoms with Crippen molar-refractivity contribution in [2.75, 3.05) is 24.5 Å². The molecule has 2 nitrogen and oxygen atoms in total. The second-order valence-electron chi connectivity index (χ2n) is 6.64. The topological polar surface area (TPSA) is 15.3 Å². The molecule has 0 saturated carbocycles. The van der Waals surface area contributed by atoms with Gasteiger partial charge in [0.1, 0.15) is 0 Å². The molecule has 3 heteroatoms. The molecule has 1 heterocycles. The Hall–Kier alpha value is -0.730. The van der Waals surface area contributed by atoms with Gasteiger partial charge in [0.05, 0.1) is 0 Å². The molecule has 1 aromatic rings. The van der Waals surface area contributed by atoms with E-state index in [0.717, 1.165) is 24.0 Å². The van der Waals surface area contributed by atoms with Crippen LogP contribution in [0.2, 0.25) is 5.02 Å². The molecule has 1 aromatic carbocycles. The summed E-state index contributed by atoms with van der Waals surface area (Å²) in [5.74, 6) is 1.59. The van der Waals surface area contributed by atoms with Gasteiger partial charge in [0.25, 0.3) is 0 Å². The van der Waals surface area contributed by atoms with Crippen LogP contribution in [0.5, 0.6) is 0 Å². The van der Waals surface area contributed by atoms with E-state index in [1.54, 1.807) is 0 Å². The summed E-state index contributed by atoms with van der Waals surface area (Å²) in [4.78, 5) is 2.54.